The predicted octanol–water partition coefficient (Wildman–Crippen LogP) is 0.504. The van der Waals surface area contributed by atoms with Crippen LogP contribution in [0, 0.1) is 0 Å². The molecule has 3 atom stereocenters. The Morgan fingerprint density at radius 2 is 2.30 bits per heavy atom. The van der Waals surface area contributed by atoms with Crippen LogP contribution >= 0.6 is 0 Å². The molecule has 0 spiro atoms. The van der Waals surface area contributed by atoms with E-state index in [1.807, 2.05) is 12.2 Å². The molecule has 2 bridgehead atoms. The van der Waals surface area contributed by atoms with Crippen molar-refractivity contribution in [1.82, 2.24) is 0 Å². The molecule has 0 aromatic rings. The first-order valence-electron chi connectivity index (χ1n) is 3.21. The zero-order valence-corrected chi connectivity index (χ0v) is 5.27. The van der Waals surface area contributed by atoms with Gasteiger partial charge in [-0.1, -0.05) is 12.2 Å². The molecule has 1 fully saturated rings. The highest BCUT2D eigenvalue weighted by Gasteiger charge is 2.35. The van der Waals surface area contributed by atoms with Crippen molar-refractivity contribution in [2.75, 3.05) is 0 Å². The van der Waals surface area contributed by atoms with Crippen molar-refractivity contribution in [3.05, 3.63) is 12.2 Å². The lowest BCUT2D eigenvalue weighted by Gasteiger charge is -2.34. The molecule has 56 valence electrons. The highest BCUT2D eigenvalue weighted by atomic mass is 17.2. The first kappa shape index (κ1) is 6.30. The molecular formula is C6H8O4. The standard InChI is InChI=1S/C6H8O4/c7-8-6-3-4-1-2-5(6)10-9-4/h1-2,4-7H,3H2/t4-,5+,6-/m1/s1. The van der Waals surface area contributed by atoms with Crippen molar-refractivity contribution in [3.8, 4) is 0 Å². The van der Waals surface area contributed by atoms with Crippen LogP contribution in [0.1, 0.15) is 6.42 Å². The van der Waals surface area contributed by atoms with Crippen molar-refractivity contribution < 1.29 is 19.9 Å². The van der Waals surface area contributed by atoms with E-state index in [1.54, 1.807) is 0 Å². The van der Waals surface area contributed by atoms with Crippen molar-refractivity contribution in [3.63, 3.8) is 0 Å². The van der Waals surface area contributed by atoms with E-state index in [1.165, 1.54) is 0 Å². The Kier molecular flexibility index (Phi) is 1.46. The molecule has 0 unspecified atom stereocenters. The second-order valence-corrected chi connectivity index (χ2v) is 2.46. The SMILES string of the molecule is OO[C@@H]1C[C@H]2C=C[C@@H]1OO2. The molecule has 1 aliphatic carbocycles. The number of hydrogen-bond acceptors (Lipinski definition) is 4. The summed E-state index contributed by atoms with van der Waals surface area (Å²) >= 11 is 0. The van der Waals surface area contributed by atoms with Gasteiger partial charge in [-0.3, -0.25) is 5.26 Å². The highest BCUT2D eigenvalue weighted by Crippen LogP contribution is 2.26. The summed E-state index contributed by atoms with van der Waals surface area (Å²) in [6, 6.07) is 0. The van der Waals surface area contributed by atoms with Crippen LogP contribution in [0.2, 0.25) is 0 Å². The lowest BCUT2D eigenvalue weighted by Crippen LogP contribution is -2.42. The smallest absolute Gasteiger partial charge is 0.141 e. The zero-order chi connectivity index (χ0) is 6.97. The molecule has 0 radical (unpaired) electrons. The van der Waals surface area contributed by atoms with Gasteiger partial charge in [0.1, 0.15) is 18.3 Å². The van der Waals surface area contributed by atoms with Crippen LogP contribution in [0.15, 0.2) is 12.2 Å². The Bertz CT molecular complexity index is 156. The molecule has 10 heavy (non-hydrogen) atoms. The Balaban J connectivity index is 2.11. The van der Waals surface area contributed by atoms with Gasteiger partial charge < -0.3 is 0 Å². The normalized spacial score (nSPS) is 44.3. The molecule has 2 aliphatic heterocycles. The van der Waals surface area contributed by atoms with E-state index in [4.69, 9.17) is 15.0 Å². The maximum Gasteiger partial charge on any atom is 0.141 e. The van der Waals surface area contributed by atoms with Crippen molar-refractivity contribution in [2.24, 2.45) is 0 Å². The Morgan fingerprint density at radius 3 is 2.60 bits per heavy atom. The molecule has 0 aromatic carbocycles. The van der Waals surface area contributed by atoms with Gasteiger partial charge in [0.05, 0.1) is 0 Å². The largest absolute Gasteiger partial charge is 0.251 e. The van der Waals surface area contributed by atoms with Crippen LogP contribution in [0.5, 0.6) is 0 Å². The molecule has 3 rings (SSSR count). The van der Waals surface area contributed by atoms with Crippen molar-refractivity contribution >= 4 is 0 Å². The molecule has 0 amide bonds. The summed E-state index contributed by atoms with van der Waals surface area (Å²) in [7, 11) is 0. The number of fused-ring (bicyclic) bond motifs is 2. The maximum atomic E-state index is 8.34. The summed E-state index contributed by atoms with van der Waals surface area (Å²) in [4.78, 5) is 13.8. The fourth-order valence-corrected chi connectivity index (χ4v) is 1.20. The molecule has 1 saturated heterocycles. The van der Waals surface area contributed by atoms with Crippen LogP contribution in [0.4, 0.5) is 0 Å². The molecule has 4 heteroatoms. The summed E-state index contributed by atoms with van der Waals surface area (Å²) < 4.78 is 0. The lowest BCUT2D eigenvalue weighted by molar-refractivity contribution is -0.415. The van der Waals surface area contributed by atoms with Crippen molar-refractivity contribution in [2.45, 2.75) is 24.7 Å². The van der Waals surface area contributed by atoms with Gasteiger partial charge in [0.15, 0.2) is 0 Å². The third kappa shape index (κ3) is 0.856. The third-order valence-corrected chi connectivity index (χ3v) is 1.77. The van der Waals surface area contributed by atoms with Gasteiger partial charge in [-0.25, -0.2) is 14.7 Å². The summed E-state index contributed by atoms with van der Waals surface area (Å²) in [6.07, 6.45) is 3.85. The van der Waals surface area contributed by atoms with Gasteiger partial charge >= 0.3 is 0 Å². The van der Waals surface area contributed by atoms with E-state index in [-0.39, 0.29) is 18.3 Å². The molecule has 1 N–H and O–H groups in total. The molecular weight excluding hydrogens is 136 g/mol. The minimum Gasteiger partial charge on any atom is -0.251 e. The fraction of sp³-hybridized carbons (Fsp3) is 0.667. The molecule has 3 aliphatic rings. The van der Waals surface area contributed by atoms with Crippen LogP contribution < -0.4 is 0 Å². The average Bonchev–Trinajstić information content (AvgIpc) is 2.06. The van der Waals surface area contributed by atoms with Gasteiger partial charge in [0.25, 0.3) is 0 Å². The first-order valence-corrected chi connectivity index (χ1v) is 3.21. The lowest BCUT2D eigenvalue weighted by atomic mass is 9.99. The molecule has 0 saturated carbocycles. The minimum atomic E-state index is -0.260. The topological polar surface area (TPSA) is 47.9 Å². The second-order valence-electron chi connectivity index (χ2n) is 2.46. The van der Waals surface area contributed by atoms with E-state index >= 15 is 0 Å². The van der Waals surface area contributed by atoms with Crippen LogP contribution in [0.25, 0.3) is 0 Å². The van der Waals surface area contributed by atoms with Crippen LogP contribution in [-0.2, 0) is 14.7 Å². The van der Waals surface area contributed by atoms with Crippen LogP contribution in [0.3, 0.4) is 0 Å². The third-order valence-electron chi connectivity index (χ3n) is 1.77. The predicted molar refractivity (Wildman–Crippen MR) is 31.0 cm³/mol. The zero-order valence-electron chi connectivity index (χ0n) is 5.27. The molecule has 4 nitrogen and oxygen atoms in total. The van der Waals surface area contributed by atoms with Gasteiger partial charge in [-0.2, -0.15) is 0 Å². The van der Waals surface area contributed by atoms with E-state index in [0.717, 1.165) is 0 Å². The second kappa shape index (κ2) is 2.32. The average molecular weight is 144 g/mol. The Morgan fingerprint density at radius 1 is 1.40 bits per heavy atom. The highest BCUT2D eigenvalue weighted by molar-refractivity contribution is 5.06. The van der Waals surface area contributed by atoms with Gasteiger partial charge in [-0.05, 0) is 0 Å². The molecule has 0 aromatic heterocycles. The monoisotopic (exact) mass is 144 g/mol. The summed E-state index contributed by atoms with van der Waals surface area (Å²) in [5, 5.41) is 8.34. The van der Waals surface area contributed by atoms with Gasteiger partial charge in [0, 0.05) is 6.42 Å². The number of rotatable bonds is 1. The summed E-state index contributed by atoms with van der Waals surface area (Å²) in [5.41, 5.74) is 0. The number of hydrogen-bond donors (Lipinski definition) is 1. The van der Waals surface area contributed by atoms with Gasteiger partial charge in [-0.15, -0.1) is 0 Å². The molecule has 2 heterocycles. The summed E-state index contributed by atoms with van der Waals surface area (Å²) in [6.45, 7) is 0. The van der Waals surface area contributed by atoms with E-state index < -0.39 is 0 Å². The first-order chi connectivity index (χ1) is 4.90. The summed E-state index contributed by atoms with van der Waals surface area (Å²) in [5.74, 6) is 0. The Labute approximate surface area is 57.9 Å². The van der Waals surface area contributed by atoms with E-state index in [2.05, 4.69) is 4.89 Å². The fourth-order valence-electron chi connectivity index (χ4n) is 1.20. The van der Waals surface area contributed by atoms with E-state index in [0.29, 0.717) is 6.42 Å². The van der Waals surface area contributed by atoms with Crippen LogP contribution in [-0.4, -0.2) is 23.6 Å². The minimum absolute atomic E-state index is 0.0536. The quantitative estimate of drug-likeness (QED) is 0.331. The van der Waals surface area contributed by atoms with Gasteiger partial charge in [0.2, 0.25) is 0 Å². The van der Waals surface area contributed by atoms with Crippen molar-refractivity contribution in [1.29, 1.82) is 0 Å². The maximum absolute atomic E-state index is 8.34. The van der Waals surface area contributed by atoms with E-state index in [9.17, 15) is 0 Å². The Hall–Kier alpha value is -0.420.